The smallest absolute Gasteiger partial charge is 0.382 e. The first kappa shape index (κ1) is 8.74. The summed E-state index contributed by atoms with van der Waals surface area (Å²) in [6.07, 6.45) is 0. The lowest BCUT2D eigenvalue weighted by molar-refractivity contribution is -0.168. The summed E-state index contributed by atoms with van der Waals surface area (Å²) in [5.41, 5.74) is 0. The molecule has 0 fully saturated rings. The molecule has 0 radical (unpaired) electrons. The van der Waals surface area contributed by atoms with Crippen LogP contribution in [-0.2, 0) is 4.79 Å². The normalized spacial score (nSPS) is 15.1. The van der Waals surface area contributed by atoms with Gasteiger partial charge in [-0.05, 0) is 15.9 Å². The third-order valence-corrected chi connectivity index (χ3v) is 1.13. The number of carbonyl (C=O) groups is 1. The van der Waals surface area contributed by atoms with Gasteiger partial charge in [0.15, 0.2) is 0 Å². The zero-order valence-corrected chi connectivity index (χ0v) is 5.53. The minimum absolute atomic E-state index is 1.80. The summed E-state index contributed by atoms with van der Waals surface area (Å²) in [7, 11) is 0. The van der Waals surface area contributed by atoms with Crippen LogP contribution in [0, 0.1) is 0 Å². The van der Waals surface area contributed by atoms with Crippen molar-refractivity contribution in [1.82, 2.24) is 0 Å². The van der Waals surface area contributed by atoms with Crippen molar-refractivity contribution in [1.29, 1.82) is 0 Å². The average molecular weight is 207 g/mol. The molecule has 0 unspecified atom stereocenters. The Morgan fingerprint density at radius 2 is 2.00 bits per heavy atom. The van der Waals surface area contributed by atoms with E-state index in [1.54, 1.807) is 15.9 Å². The van der Waals surface area contributed by atoms with Crippen LogP contribution in [0.5, 0.6) is 0 Å². The fourth-order valence-electron chi connectivity index (χ4n) is 0.0933. The molecule has 9 heavy (non-hydrogen) atoms. The predicted molar refractivity (Wildman–Crippen MR) is 26.4 cm³/mol. The van der Waals surface area contributed by atoms with Gasteiger partial charge in [-0.3, -0.25) is 0 Å². The molecule has 0 spiro atoms. The lowest BCUT2D eigenvalue weighted by Gasteiger charge is -2.08. The van der Waals surface area contributed by atoms with E-state index in [4.69, 9.17) is 5.11 Å². The van der Waals surface area contributed by atoms with Crippen molar-refractivity contribution in [3.05, 3.63) is 0 Å². The quantitative estimate of drug-likeness (QED) is 0.694. The molecule has 0 aromatic rings. The maximum absolute atomic E-state index is 11.6. The summed E-state index contributed by atoms with van der Waals surface area (Å²) >= 11 is 1.80. The molecule has 0 aliphatic carbocycles. The topological polar surface area (TPSA) is 37.3 Å². The number of carboxylic acids is 1. The molecule has 0 bridgehead atoms. The van der Waals surface area contributed by atoms with Gasteiger partial charge in [0.2, 0.25) is 5.08 Å². The van der Waals surface area contributed by atoms with E-state index in [0.717, 1.165) is 0 Å². The van der Waals surface area contributed by atoms with Crippen LogP contribution in [0.2, 0.25) is 0 Å². The summed E-state index contributed by atoms with van der Waals surface area (Å²) < 4.78 is 34.8. The number of halogens is 4. The van der Waals surface area contributed by atoms with Crippen molar-refractivity contribution < 1.29 is 23.1 Å². The summed E-state index contributed by atoms with van der Waals surface area (Å²) in [5.74, 6) is -6.81. The van der Waals surface area contributed by atoms with Gasteiger partial charge in [0, 0.05) is 0 Å². The second kappa shape index (κ2) is 2.55. The zero-order valence-electron chi connectivity index (χ0n) is 3.94. The molecule has 0 saturated heterocycles. The summed E-state index contributed by atoms with van der Waals surface area (Å²) in [5, 5.41) is 4.76. The first-order chi connectivity index (χ1) is 3.89. The Balaban J connectivity index is 4.19. The standard InChI is InChI=1S/C3H2BrF3O2/c4-1(5)3(6,7)2(8)9/h1H,(H,8,9)/t1-/m0/s1. The van der Waals surface area contributed by atoms with E-state index in [0.29, 0.717) is 0 Å². The van der Waals surface area contributed by atoms with E-state index >= 15 is 0 Å². The molecule has 0 aromatic heterocycles. The second-order valence-corrected chi connectivity index (χ2v) is 2.03. The average Bonchev–Trinajstić information content (AvgIpc) is 1.65. The Kier molecular flexibility index (Phi) is 2.48. The molecular weight excluding hydrogens is 205 g/mol. The molecule has 6 heteroatoms. The highest BCUT2D eigenvalue weighted by atomic mass is 79.9. The second-order valence-electron chi connectivity index (χ2n) is 1.23. The van der Waals surface area contributed by atoms with Crippen molar-refractivity contribution >= 4 is 21.9 Å². The van der Waals surface area contributed by atoms with Gasteiger partial charge in [-0.2, -0.15) is 8.78 Å². The maximum atomic E-state index is 11.6. The van der Waals surface area contributed by atoms with E-state index in [1.807, 2.05) is 0 Å². The Labute approximate surface area is 56.8 Å². The first-order valence-corrected chi connectivity index (χ1v) is 2.70. The molecule has 1 N–H and O–H groups in total. The van der Waals surface area contributed by atoms with E-state index < -0.39 is 17.0 Å². The minimum Gasteiger partial charge on any atom is -0.477 e. The maximum Gasteiger partial charge on any atom is 0.382 e. The summed E-state index contributed by atoms with van der Waals surface area (Å²) in [4.78, 5) is 9.44. The van der Waals surface area contributed by atoms with Gasteiger partial charge < -0.3 is 5.11 Å². The molecule has 0 aliphatic rings. The Bertz CT molecular complexity index is 124. The van der Waals surface area contributed by atoms with Crippen LogP contribution in [0.4, 0.5) is 13.2 Å². The molecule has 54 valence electrons. The highest BCUT2D eigenvalue weighted by Gasteiger charge is 2.47. The zero-order chi connectivity index (χ0) is 7.65. The van der Waals surface area contributed by atoms with Crippen LogP contribution >= 0.6 is 15.9 Å². The van der Waals surface area contributed by atoms with Gasteiger partial charge in [-0.25, -0.2) is 9.18 Å². The van der Waals surface area contributed by atoms with Crippen LogP contribution in [-0.4, -0.2) is 22.1 Å². The number of hydrogen-bond acceptors (Lipinski definition) is 1. The van der Waals surface area contributed by atoms with Crippen LogP contribution in [0.25, 0.3) is 0 Å². The number of aliphatic carboxylic acids is 1. The van der Waals surface area contributed by atoms with Crippen LogP contribution < -0.4 is 0 Å². The largest absolute Gasteiger partial charge is 0.477 e. The number of rotatable bonds is 2. The van der Waals surface area contributed by atoms with E-state index in [2.05, 4.69) is 0 Å². The van der Waals surface area contributed by atoms with Gasteiger partial charge in [0.1, 0.15) is 0 Å². The predicted octanol–water partition coefficient (Wildman–Crippen LogP) is 1.40. The highest BCUT2D eigenvalue weighted by molar-refractivity contribution is 9.09. The molecule has 0 heterocycles. The Morgan fingerprint density at radius 1 is 1.67 bits per heavy atom. The molecular formula is C3H2BrF3O2. The van der Waals surface area contributed by atoms with Gasteiger partial charge in [-0.15, -0.1) is 0 Å². The molecule has 0 aromatic carbocycles. The van der Waals surface area contributed by atoms with Crippen molar-refractivity contribution in [2.75, 3.05) is 0 Å². The third-order valence-electron chi connectivity index (χ3n) is 0.559. The van der Waals surface area contributed by atoms with E-state index in [-0.39, 0.29) is 0 Å². The summed E-state index contributed by atoms with van der Waals surface area (Å²) in [6, 6.07) is 0. The van der Waals surface area contributed by atoms with Gasteiger partial charge >= 0.3 is 11.9 Å². The van der Waals surface area contributed by atoms with Crippen molar-refractivity contribution in [3.8, 4) is 0 Å². The van der Waals surface area contributed by atoms with Crippen LogP contribution in [0.1, 0.15) is 0 Å². The first-order valence-electron chi connectivity index (χ1n) is 1.78. The fourth-order valence-corrected chi connectivity index (χ4v) is 0.289. The monoisotopic (exact) mass is 206 g/mol. The van der Waals surface area contributed by atoms with Crippen molar-refractivity contribution in [3.63, 3.8) is 0 Å². The summed E-state index contributed by atoms with van der Waals surface area (Å²) in [6.45, 7) is 0. The van der Waals surface area contributed by atoms with Crippen molar-refractivity contribution in [2.24, 2.45) is 0 Å². The van der Waals surface area contributed by atoms with Gasteiger partial charge in [0.25, 0.3) is 0 Å². The van der Waals surface area contributed by atoms with Gasteiger partial charge in [0.05, 0.1) is 0 Å². The highest BCUT2D eigenvalue weighted by Crippen LogP contribution is 2.25. The van der Waals surface area contributed by atoms with Gasteiger partial charge in [-0.1, -0.05) is 0 Å². The molecule has 0 aliphatic heterocycles. The van der Waals surface area contributed by atoms with E-state index in [1.165, 1.54) is 0 Å². The number of carboxylic acid groups (broad SMARTS) is 1. The SMILES string of the molecule is O=C(O)C(F)(F)[C@H](F)Br. The third kappa shape index (κ3) is 1.85. The molecule has 2 nitrogen and oxygen atoms in total. The Hall–Kier alpha value is -0.260. The molecule has 0 amide bonds. The minimum atomic E-state index is -4.33. The number of hydrogen-bond donors (Lipinski definition) is 1. The fraction of sp³-hybridized carbons (Fsp3) is 0.667. The molecule has 1 atom stereocenters. The van der Waals surface area contributed by atoms with Crippen LogP contribution in [0.3, 0.4) is 0 Å². The van der Waals surface area contributed by atoms with Crippen molar-refractivity contribution in [2.45, 2.75) is 11.0 Å². The molecule has 0 rings (SSSR count). The van der Waals surface area contributed by atoms with E-state index in [9.17, 15) is 18.0 Å². The Morgan fingerprint density at radius 3 is 2.00 bits per heavy atom. The lowest BCUT2D eigenvalue weighted by Crippen LogP contribution is -2.35. The lowest BCUT2D eigenvalue weighted by atomic mass is 10.4. The number of alkyl halides is 4. The molecule has 0 saturated carbocycles. The van der Waals surface area contributed by atoms with Crippen LogP contribution in [0.15, 0.2) is 0 Å².